The Kier molecular flexibility index (Phi) is 2.44. The summed E-state index contributed by atoms with van der Waals surface area (Å²) in [6, 6.07) is 8.46. The minimum absolute atomic E-state index is 0.157. The fraction of sp³-hybridized carbons (Fsp3) is 0.500. The number of hydrogen-bond donors (Lipinski definition) is 2. The van der Waals surface area contributed by atoms with Crippen molar-refractivity contribution in [1.82, 2.24) is 5.32 Å². The van der Waals surface area contributed by atoms with Crippen molar-refractivity contribution in [3.05, 3.63) is 35.4 Å². The highest BCUT2D eigenvalue weighted by Gasteiger charge is 2.48. The zero-order valence-corrected chi connectivity index (χ0v) is 9.91. The van der Waals surface area contributed by atoms with Crippen molar-refractivity contribution in [3.63, 3.8) is 0 Å². The third kappa shape index (κ3) is 1.75. The lowest BCUT2D eigenvalue weighted by Gasteiger charge is -2.30. The second kappa shape index (κ2) is 3.84. The highest BCUT2D eigenvalue weighted by Crippen LogP contribution is 2.44. The molecule has 2 aliphatic rings. The Hall–Kier alpha value is -1.35. The van der Waals surface area contributed by atoms with E-state index in [2.05, 4.69) is 29.6 Å². The van der Waals surface area contributed by atoms with Gasteiger partial charge >= 0.3 is 0 Å². The first-order valence-electron chi connectivity index (χ1n) is 6.31. The Balaban J connectivity index is 1.56. The molecule has 3 heteroatoms. The number of benzene rings is 1. The third-order valence-electron chi connectivity index (χ3n) is 4.20. The van der Waals surface area contributed by atoms with Crippen molar-refractivity contribution in [2.75, 3.05) is 13.1 Å². The van der Waals surface area contributed by atoms with Gasteiger partial charge in [0, 0.05) is 19.0 Å². The molecule has 1 amide bonds. The summed E-state index contributed by atoms with van der Waals surface area (Å²) in [4.78, 5) is 11.9. The summed E-state index contributed by atoms with van der Waals surface area (Å²) >= 11 is 0. The molecule has 0 spiro atoms. The maximum Gasteiger partial charge on any atom is 0.227 e. The number of carbonyl (C=O) groups excluding carboxylic acids is 1. The van der Waals surface area contributed by atoms with Gasteiger partial charge in [-0.15, -0.1) is 0 Å². The molecule has 0 heterocycles. The number of fused-ring (bicyclic) bond motifs is 1. The first-order chi connectivity index (χ1) is 8.25. The van der Waals surface area contributed by atoms with Crippen LogP contribution in [0.3, 0.4) is 0 Å². The Bertz CT molecular complexity index is 451. The van der Waals surface area contributed by atoms with E-state index >= 15 is 0 Å². The molecule has 3 N–H and O–H groups in total. The normalized spacial score (nSPS) is 23.5. The van der Waals surface area contributed by atoms with Crippen molar-refractivity contribution in [3.8, 4) is 0 Å². The highest BCUT2D eigenvalue weighted by molar-refractivity contribution is 5.85. The van der Waals surface area contributed by atoms with Gasteiger partial charge in [-0.25, -0.2) is 0 Å². The van der Waals surface area contributed by atoms with Gasteiger partial charge < -0.3 is 11.1 Å². The molecule has 1 unspecified atom stereocenters. The van der Waals surface area contributed by atoms with Gasteiger partial charge in [0.1, 0.15) is 0 Å². The van der Waals surface area contributed by atoms with E-state index in [0.29, 0.717) is 12.5 Å². The molecule has 3 rings (SSSR count). The van der Waals surface area contributed by atoms with Crippen LogP contribution in [0.2, 0.25) is 0 Å². The zero-order valence-electron chi connectivity index (χ0n) is 9.91. The largest absolute Gasteiger partial charge is 0.355 e. The smallest absolute Gasteiger partial charge is 0.227 e. The van der Waals surface area contributed by atoms with E-state index in [1.54, 1.807) is 0 Å². The summed E-state index contributed by atoms with van der Waals surface area (Å²) in [5, 5.41) is 3.06. The van der Waals surface area contributed by atoms with Gasteiger partial charge in [0.2, 0.25) is 5.91 Å². The average Bonchev–Trinajstić information content (AvgIpc) is 3.11. The van der Waals surface area contributed by atoms with Crippen LogP contribution in [0.25, 0.3) is 0 Å². The molecule has 3 nitrogen and oxygen atoms in total. The fourth-order valence-corrected chi connectivity index (χ4v) is 2.62. The highest BCUT2D eigenvalue weighted by atomic mass is 16.2. The van der Waals surface area contributed by atoms with Crippen LogP contribution in [0.4, 0.5) is 0 Å². The topological polar surface area (TPSA) is 55.1 Å². The van der Waals surface area contributed by atoms with E-state index in [0.717, 1.165) is 25.8 Å². The maximum atomic E-state index is 11.9. The summed E-state index contributed by atoms with van der Waals surface area (Å²) in [6.45, 7) is 1.25. The van der Waals surface area contributed by atoms with Gasteiger partial charge in [-0.2, -0.15) is 0 Å². The molecule has 0 aliphatic heterocycles. The van der Waals surface area contributed by atoms with Crippen molar-refractivity contribution in [1.29, 1.82) is 0 Å². The Morgan fingerprint density at radius 3 is 2.82 bits per heavy atom. The van der Waals surface area contributed by atoms with Crippen LogP contribution in [-0.4, -0.2) is 19.0 Å². The first-order valence-corrected chi connectivity index (χ1v) is 6.31. The fourth-order valence-electron chi connectivity index (χ4n) is 2.62. The predicted octanol–water partition coefficient (Wildman–Crippen LogP) is 1.18. The SMILES string of the molecule is NCC1(C(=O)NCC2Cc3ccccc32)CC1. The number of rotatable bonds is 4. The minimum Gasteiger partial charge on any atom is -0.355 e. The minimum atomic E-state index is -0.219. The van der Waals surface area contributed by atoms with Gasteiger partial charge in [-0.05, 0) is 30.4 Å². The lowest BCUT2D eigenvalue weighted by molar-refractivity contribution is -0.126. The Morgan fingerprint density at radius 2 is 2.18 bits per heavy atom. The summed E-state index contributed by atoms with van der Waals surface area (Å²) in [5.41, 5.74) is 8.24. The number of nitrogens with two attached hydrogens (primary N) is 1. The number of hydrogen-bond acceptors (Lipinski definition) is 2. The molecule has 1 aromatic rings. The molecule has 1 saturated carbocycles. The monoisotopic (exact) mass is 230 g/mol. The Labute approximate surface area is 101 Å². The van der Waals surface area contributed by atoms with E-state index in [1.807, 2.05) is 0 Å². The van der Waals surface area contributed by atoms with Gasteiger partial charge in [-0.1, -0.05) is 24.3 Å². The lowest BCUT2D eigenvalue weighted by atomic mass is 9.77. The molecule has 0 radical (unpaired) electrons. The standard InChI is InChI=1S/C14H18N2O/c15-9-14(5-6-14)13(17)16-8-11-7-10-3-1-2-4-12(10)11/h1-4,11H,5-9,15H2,(H,16,17). The Morgan fingerprint density at radius 1 is 1.41 bits per heavy atom. The van der Waals surface area contributed by atoms with Crippen LogP contribution < -0.4 is 11.1 Å². The summed E-state index contributed by atoms with van der Waals surface area (Å²) in [6.07, 6.45) is 3.00. The molecular formula is C14H18N2O. The van der Waals surface area contributed by atoms with Crippen LogP contribution >= 0.6 is 0 Å². The van der Waals surface area contributed by atoms with Crippen LogP contribution in [0, 0.1) is 5.41 Å². The second-order valence-corrected chi connectivity index (χ2v) is 5.29. The number of nitrogens with one attached hydrogen (secondary N) is 1. The molecular weight excluding hydrogens is 212 g/mol. The van der Waals surface area contributed by atoms with Crippen LogP contribution in [0.15, 0.2) is 24.3 Å². The van der Waals surface area contributed by atoms with Crippen molar-refractivity contribution in [2.24, 2.45) is 11.1 Å². The molecule has 17 heavy (non-hydrogen) atoms. The number of carbonyl (C=O) groups is 1. The van der Waals surface area contributed by atoms with E-state index in [9.17, 15) is 4.79 Å². The summed E-state index contributed by atoms with van der Waals surface area (Å²) in [5.74, 6) is 0.660. The molecule has 90 valence electrons. The molecule has 2 aliphatic carbocycles. The van der Waals surface area contributed by atoms with Crippen LogP contribution in [0.5, 0.6) is 0 Å². The van der Waals surface area contributed by atoms with Gasteiger partial charge in [0.05, 0.1) is 5.41 Å². The number of amides is 1. The molecule has 1 fully saturated rings. The van der Waals surface area contributed by atoms with Crippen LogP contribution in [0.1, 0.15) is 29.9 Å². The van der Waals surface area contributed by atoms with Gasteiger partial charge in [0.25, 0.3) is 0 Å². The van der Waals surface area contributed by atoms with Crippen molar-refractivity contribution >= 4 is 5.91 Å². The van der Waals surface area contributed by atoms with E-state index < -0.39 is 0 Å². The molecule has 1 atom stereocenters. The second-order valence-electron chi connectivity index (χ2n) is 5.29. The van der Waals surface area contributed by atoms with E-state index in [-0.39, 0.29) is 11.3 Å². The predicted molar refractivity (Wildman–Crippen MR) is 66.6 cm³/mol. The first kappa shape index (κ1) is 10.8. The zero-order chi connectivity index (χ0) is 11.9. The maximum absolute atomic E-state index is 11.9. The summed E-state index contributed by atoms with van der Waals surface area (Å²) in [7, 11) is 0. The average molecular weight is 230 g/mol. The lowest BCUT2D eigenvalue weighted by Crippen LogP contribution is -2.40. The van der Waals surface area contributed by atoms with Gasteiger partial charge in [0.15, 0.2) is 0 Å². The third-order valence-corrected chi connectivity index (χ3v) is 4.20. The van der Waals surface area contributed by atoms with Crippen molar-refractivity contribution in [2.45, 2.75) is 25.2 Å². The quantitative estimate of drug-likeness (QED) is 0.816. The van der Waals surface area contributed by atoms with Gasteiger partial charge in [-0.3, -0.25) is 4.79 Å². The van der Waals surface area contributed by atoms with Crippen LogP contribution in [-0.2, 0) is 11.2 Å². The molecule has 1 aromatic carbocycles. The van der Waals surface area contributed by atoms with Crippen molar-refractivity contribution < 1.29 is 4.79 Å². The van der Waals surface area contributed by atoms with E-state index in [1.165, 1.54) is 11.1 Å². The molecule has 0 bridgehead atoms. The summed E-state index contributed by atoms with van der Waals surface area (Å²) < 4.78 is 0. The molecule has 0 saturated heterocycles. The molecule has 0 aromatic heterocycles. The van der Waals surface area contributed by atoms with E-state index in [4.69, 9.17) is 5.73 Å².